The molecule has 0 unspecified atom stereocenters. The number of furan rings is 1. The quantitative estimate of drug-likeness (QED) is 0.183. The summed E-state index contributed by atoms with van der Waals surface area (Å²) in [5, 5.41) is 2.20. The van der Waals surface area contributed by atoms with Gasteiger partial charge in [-0.3, -0.25) is 0 Å². The highest BCUT2D eigenvalue weighted by Gasteiger charge is 2.51. The fourth-order valence-electron chi connectivity index (χ4n) is 10.1. The van der Waals surface area contributed by atoms with Crippen LogP contribution in [-0.4, -0.2) is 0 Å². The minimum Gasteiger partial charge on any atom is -0.457 e. The highest BCUT2D eigenvalue weighted by Crippen LogP contribution is 2.63. The molecule has 0 amide bonds. The van der Waals surface area contributed by atoms with Crippen LogP contribution in [0.4, 0.5) is 17.1 Å². The highest BCUT2D eigenvalue weighted by molar-refractivity contribution is 6.12. The van der Waals surface area contributed by atoms with Crippen molar-refractivity contribution in [1.29, 1.82) is 0 Å². The number of hydrogen-bond donors (Lipinski definition) is 0. The predicted molar refractivity (Wildman–Crippen MR) is 223 cm³/mol. The predicted octanol–water partition coefficient (Wildman–Crippen LogP) is 13.8. The van der Waals surface area contributed by atoms with Crippen molar-refractivity contribution >= 4 is 39.0 Å². The lowest BCUT2D eigenvalue weighted by molar-refractivity contribution is 0.436. The number of anilines is 3. The van der Waals surface area contributed by atoms with E-state index in [-0.39, 0.29) is 5.41 Å². The Morgan fingerprint density at radius 3 is 1.78 bits per heavy atom. The zero-order chi connectivity index (χ0) is 36.5. The second kappa shape index (κ2) is 10.9. The Kier molecular flexibility index (Phi) is 6.05. The lowest BCUT2D eigenvalue weighted by Crippen LogP contribution is -2.32. The van der Waals surface area contributed by atoms with Gasteiger partial charge in [-0.2, -0.15) is 0 Å². The van der Waals surface area contributed by atoms with E-state index >= 15 is 0 Å². The maximum atomic E-state index is 7.15. The SMILES string of the molecule is CC1(C)c2ccccc2-c2ccc(N(c3ccccc3)c3cccc4c3oc3cc5c(cc34)-c3ccccc3C53c4ccccc4Oc4ccccc43)cc21. The van der Waals surface area contributed by atoms with E-state index < -0.39 is 5.41 Å². The van der Waals surface area contributed by atoms with Crippen LogP contribution in [0.25, 0.3) is 44.2 Å². The van der Waals surface area contributed by atoms with Gasteiger partial charge in [0.25, 0.3) is 0 Å². The van der Waals surface area contributed by atoms with E-state index in [4.69, 9.17) is 9.15 Å². The Morgan fingerprint density at radius 2 is 1.04 bits per heavy atom. The van der Waals surface area contributed by atoms with Gasteiger partial charge in [0.05, 0.1) is 11.1 Å². The summed E-state index contributed by atoms with van der Waals surface area (Å²) in [7, 11) is 0. The zero-order valence-electron chi connectivity index (χ0n) is 30.5. The fourth-order valence-corrected chi connectivity index (χ4v) is 10.1. The zero-order valence-corrected chi connectivity index (χ0v) is 30.5. The molecule has 0 fully saturated rings. The third-order valence-electron chi connectivity index (χ3n) is 12.5. The molecule has 3 nitrogen and oxygen atoms in total. The molecule has 3 aliphatic rings. The second-order valence-corrected chi connectivity index (χ2v) is 15.6. The lowest BCUT2D eigenvalue weighted by Gasteiger charge is -2.39. The summed E-state index contributed by atoms with van der Waals surface area (Å²) in [6.45, 7) is 4.68. The smallest absolute Gasteiger partial charge is 0.159 e. The molecule has 12 rings (SSSR count). The number of rotatable bonds is 3. The average molecular weight is 706 g/mol. The minimum atomic E-state index is -0.557. The molecule has 0 radical (unpaired) electrons. The summed E-state index contributed by atoms with van der Waals surface area (Å²) in [4.78, 5) is 2.36. The molecule has 1 aliphatic heterocycles. The van der Waals surface area contributed by atoms with Gasteiger partial charge in [0.15, 0.2) is 5.58 Å². The van der Waals surface area contributed by atoms with E-state index in [2.05, 4.69) is 195 Å². The van der Waals surface area contributed by atoms with Gasteiger partial charge in [0.2, 0.25) is 0 Å². The van der Waals surface area contributed by atoms with Crippen molar-refractivity contribution in [2.75, 3.05) is 4.90 Å². The third-order valence-corrected chi connectivity index (χ3v) is 12.5. The first kappa shape index (κ1) is 30.6. The molecule has 0 bridgehead atoms. The molecule has 2 aliphatic carbocycles. The van der Waals surface area contributed by atoms with Crippen LogP contribution in [0.3, 0.4) is 0 Å². The Hall–Kier alpha value is -6.84. The van der Waals surface area contributed by atoms with E-state index in [1.165, 1.54) is 44.5 Å². The molecule has 3 heteroatoms. The molecule has 260 valence electrons. The first-order valence-corrected chi connectivity index (χ1v) is 19.1. The average Bonchev–Trinajstić information content (AvgIpc) is 3.82. The molecule has 2 heterocycles. The van der Waals surface area contributed by atoms with E-state index in [1.807, 2.05) is 0 Å². The molecule has 0 N–H and O–H groups in total. The van der Waals surface area contributed by atoms with Crippen LogP contribution in [0, 0.1) is 0 Å². The van der Waals surface area contributed by atoms with Gasteiger partial charge in [-0.15, -0.1) is 0 Å². The van der Waals surface area contributed by atoms with Gasteiger partial charge in [-0.25, -0.2) is 0 Å². The third kappa shape index (κ3) is 3.94. The molecule has 9 aromatic rings. The molecule has 0 saturated carbocycles. The van der Waals surface area contributed by atoms with Crippen LogP contribution < -0.4 is 9.64 Å². The number of nitrogens with zero attached hydrogens (tertiary/aromatic N) is 1. The standard InChI is InChI=1S/C52H35NO2/c1-51(2)40-20-8-6-17-34(40)36-28-27-33(29-44(36)51)53(32-15-4-3-5-16-32)46-24-14-19-37-39-30-38-35-18-7-9-21-41(35)52(45(38)31-49(39)55-50(37)46)42-22-10-12-25-47(42)54-48-26-13-11-23-43(48)52/h3-31H,1-2H3. The van der Waals surface area contributed by atoms with Gasteiger partial charge in [-0.1, -0.05) is 135 Å². The second-order valence-electron chi connectivity index (χ2n) is 15.6. The first-order valence-electron chi connectivity index (χ1n) is 19.1. The van der Waals surface area contributed by atoms with Crippen LogP contribution in [-0.2, 0) is 10.8 Å². The molecular formula is C52H35NO2. The summed E-state index contributed by atoms with van der Waals surface area (Å²) in [5.74, 6) is 1.77. The monoisotopic (exact) mass is 705 g/mol. The van der Waals surface area contributed by atoms with Crippen molar-refractivity contribution in [3.63, 3.8) is 0 Å². The number of hydrogen-bond acceptors (Lipinski definition) is 3. The maximum Gasteiger partial charge on any atom is 0.159 e. The van der Waals surface area contributed by atoms with Gasteiger partial charge in [0.1, 0.15) is 17.1 Å². The Balaban J connectivity index is 1.11. The normalized spacial score (nSPS) is 14.8. The molecule has 0 saturated heterocycles. The number of ether oxygens (including phenoxy) is 1. The largest absolute Gasteiger partial charge is 0.457 e. The summed E-state index contributed by atoms with van der Waals surface area (Å²) in [5.41, 5.74) is 16.8. The van der Waals surface area contributed by atoms with Crippen LogP contribution in [0.15, 0.2) is 180 Å². The van der Waals surface area contributed by atoms with E-state index in [9.17, 15) is 0 Å². The van der Waals surface area contributed by atoms with Crippen molar-refractivity contribution in [3.05, 3.63) is 209 Å². The maximum absolute atomic E-state index is 7.15. The van der Waals surface area contributed by atoms with Crippen molar-refractivity contribution in [2.45, 2.75) is 24.7 Å². The summed E-state index contributed by atoms with van der Waals surface area (Å²) in [6, 6.07) is 63.6. The van der Waals surface area contributed by atoms with E-state index in [1.54, 1.807) is 0 Å². The summed E-state index contributed by atoms with van der Waals surface area (Å²) < 4.78 is 13.7. The minimum absolute atomic E-state index is 0.121. The number of benzene rings is 8. The van der Waals surface area contributed by atoms with Crippen LogP contribution in [0.1, 0.15) is 47.2 Å². The summed E-state index contributed by atoms with van der Waals surface area (Å²) in [6.07, 6.45) is 0. The summed E-state index contributed by atoms with van der Waals surface area (Å²) >= 11 is 0. The Labute approximate surface area is 319 Å². The molecule has 0 atom stereocenters. The van der Waals surface area contributed by atoms with Crippen LogP contribution in [0.2, 0.25) is 0 Å². The molecule has 1 aromatic heterocycles. The number of para-hydroxylation sites is 4. The Bertz CT molecular complexity index is 3010. The lowest BCUT2D eigenvalue weighted by atomic mass is 9.66. The van der Waals surface area contributed by atoms with Crippen molar-refractivity contribution < 1.29 is 9.15 Å². The molecule has 8 aromatic carbocycles. The topological polar surface area (TPSA) is 25.6 Å². The van der Waals surface area contributed by atoms with Gasteiger partial charge in [-0.05, 0) is 99.1 Å². The highest BCUT2D eigenvalue weighted by atomic mass is 16.5. The molecular weight excluding hydrogens is 671 g/mol. The van der Waals surface area contributed by atoms with Gasteiger partial charge < -0.3 is 14.1 Å². The van der Waals surface area contributed by atoms with Crippen molar-refractivity contribution in [1.82, 2.24) is 0 Å². The Morgan fingerprint density at radius 1 is 0.418 bits per heavy atom. The fraction of sp³-hybridized carbons (Fsp3) is 0.0769. The van der Waals surface area contributed by atoms with Crippen molar-refractivity contribution in [2.24, 2.45) is 0 Å². The van der Waals surface area contributed by atoms with Gasteiger partial charge >= 0.3 is 0 Å². The van der Waals surface area contributed by atoms with E-state index in [0.717, 1.165) is 61.6 Å². The van der Waals surface area contributed by atoms with Crippen molar-refractivity contribution in [3.8, 4) is 33.8 Å². The number of fused-ring (bicyclic) bond motifs is 15. The first-order chi connectivity index (χ1) is 27.0. The van der Waals surface area contributed by atoms with Gasteiger partial charge in [0, 0.05) is 38.7 Å². The van der Waals surface area contributed by atoms with Crippen LogP contribution >= 0.6 is 0 Å². The molecule has 1 spiro atoms. The van der Waals surface area contributed by atoms with Crippen LogP contribution in [0.5, 0.6) is 11.5 Å². The van der Waals surface area contributed by atoms with E-state index in [0.29, 0.717) is 0 Å². The molecule has 55 heavy (non-hydrogen) atoms.